The molecule has 0 atom stereocenters. The van der Waals surface area contributed by atoms with Crippen molar-refractivity contribution >= 4 is 34.5 Å². The molecule has 31 heavy (non-hydrogen) atoms. The van der Waals surface area contributed by atoms with Crippen molar-refractivity contribution in [3.63, 3.8) is 0 Å². The number of amides is 1. The highest BCUT2D eigenvalue weighted by atomic mass is 32.2. The van der Waals surface area contributed by atoms with Crippen molar-refractivity contribution in [2.45, 2.75) is 50.7 Å². The summed E-state index contributed by atoms with van der Waals surface area (Å²) in [5.74, 6) is 1.84. The zero-order valence-corrected chi connectivity index (χ0v) is 18.8. The first-order valence-corrected chi connectivity index (χ1v) is 11.1. The third-order valence-electron chi connectivity index (χ3n) is 4.49. The van der Waals surface area contributed by atoms with Gasteiger partial charge in [-0.3, -0.25) is 4.79 Å². The highest BCUT2D eigenvalue weighted by Crippen LogP contribution is 2.32. The molecule has 1 aliphatic heterocycles. The van der Waals surface area contributed by atoms with Gasteiger partial charge >= 0.3 is 0 Å². The summed E-state index contributed by atoms with van der Waals surface area (Å²) in [4.78, 5) is 21.9. The Kier molecular flexibility index (Phi) is 6.17. The molecule has 1 aromatic carbocycles. The van der Waals surface area contributed by atoms with Gasteiger partial charge in [0.2, 0.25) is 6.79 Å². The van der Waals surface area contributed by atoms with E-state index in [4.69, 9.17) is 14.5 Å². The van der Waals surface area contributed by atoms with E-state index in [-0.39, 0.29) is 18.7 Å². The van der Waals surface area contributed by atoms with Gasteiger partial charge in [-0.25, -0.2) is 14.6 Å². The number of nitrogens with one attached hydrogen (secondary N) is 2. The standard InChI is InChI=1S/C21H26N6O3S/c1-12(2)24-18-15-10-23-27(19(15)26-21(25-18)31-13(3)4)8-7-22-20(28)14-5-6-16-17(9-14)30-11-29-16/h5-6,9-10,12-13H,7-8,11H2,1-4H3,(H,22,28)(H,24,25,26). The van der Waals surface area contributed by atoms with Gasteiger partial charge in [0.15, 0.2) is 22.3 Å². The Labute approximate surface area is 184 Å². The minimum absolute atomic E-state index is 0.178. The van der Waals surface area contributed by atoms with Gasteiger partial charge in [0.1, 0.15) is 5.82 Å². The summed E-state index contributed by atoms with van der Waals surface area (Å²) in [6.45, 7) is 9.43. The van der Waals surface area contributed by atoms with E-state index in [0.29, 0.717) is 40.6 Å². The molecule has 0 bridgehead atoms. The topological polar surface area (TPSA) is 103 Å². The van der Waals surface area contributed by atoms with Crippen LogP contribution in [0.2, 0.25) is 0 Å². The Balaban J connectivity index is 1.48. The van der Waals surface area contributed by atoms with Gasteiger partial charge in [-0.15, -0.1) is 0 Å². The SMILES string of the molecule is CC(C)Nc1nc(SC(C)C)nc2c1cnn2CCNC(=O)c1ccc2c(c1)OCO2. The molecule has 2 aromatic heterocycles. The fourth-order valence-electron chi connectivity index (χ4n) is 3.16. The minimum atomic E-state index is -0.178. The summed E-state index contributed by atoms with van der Waals surface area (Å²) >= 11 is 1.61. The molecule has 0 unspecified atom stereocenters. The van der Waals surface area contributed by atoms with Gasteiger partial charge in [-0.05, 0) is 32.0 Å². The number of ether oxygens (including phenoxy) is 2. The predicted molar refractivity (Wildman–Crippen MR) is 120 cm³/mol. The lowest BCUT2D eigenvalue weighted by molar-refractivity contribution is 0.0951. The molecule has 4 rings (SSSR count). The van der Waals surface area contributed by atoms with Crippen LogP contribution < -0.4 is 20.1 Å². The van der Waals surface area contributed by atoms with Gasteiger partial charge in [0, 0.05) is 23.4 Å². The average molecular weight is 443 g/mol. The summed E-state index contributed by atoms with van der Waals surface area (Å²) in [6, 6.07) is 5.39. The summed E-state index contributed by atoms with van der Waals surface area (Å²) in [7, 11) is 0. The van der Waals surface area contributed by atoms with Crippen LogP contribution in [-0.2, 0) is 6.54 Å². The fourth-order valence-corrected chi connectivity index (χ4v) is 3.87. The van der Waals surface area contributed by atoms with E-state index in [0.717, 1.165) is 16.9 Å². The predicted octanol–water partition coefficient (Wildman–Crippen LogP) is 3.31. The number of nitrogens with zero attached hydrogens (tertiary/aromatic N) is 4. The number of fused-ring (bicyclic) bond motifs is 2. The number of aromatic nitrogens is 4. The first-order valence-electron chi connectivity index (χ1n) is 10.3. The molecule has 3 heterocycles. The number of carbonyl (C=O) groups excluding carboxylic acids is 1. The molecule has 0 saturated carbocycles. The maximum absolute atomic E-state index is 12.5. The lowest BCUT2D eigenvalue weighted by Crippen LogP contribution is -2.27. The van der Waals surface area contributed by atoms with E-state index >= 15 is 0 Å². The number of anilines is 1. The number of hydrogen-bond acceptors (Lipinski definition) is 8. The largest absolute Gasteiger partial charge is 0.454 e. The lowest BCUT2D eigenvalue weighted by Gasteiger charge is -2.12. The quantitative estimate of drug-likeness (QED) is 0.405. The molecule has 0 saturated heterocycles. The van der Waals surface area contributed by atoms with Gasteiger partial charge in [-0.2, -0.15) is 5.10 Å². The second-order valence-electron chi connectivity index (χ2n) is 7.75. The van der Waals surface area contributed by atoms with E-state index in [1.165, 1.54) is 0 Å². The van der Waals surface area contributed by atoms with Crippen LogP contribution in [0.5, 0.6) is 11.5 Å². The number of rotatable bonds is 8. The van der Waals surface area contributed by atoms with Crippen LogP contribution in [0.15, 0.2) is 29.6 Å². The Bertz CT molecular complexity index is 1100. The molecule has 0 aliphatic carbocycles. The monoisotopic (exact) mass is 442 g/mol. The first-order chi connectivity index (χ1) is 14.9. The summed E-state index contributed by atoms with van der Waals surface area (Å²) in [5.41, 5.74) is 1.27. The van der Waals surface area contributed by atoms with Crippen LogP contribution >= 0.6 is 11.8 Å². The van der Waals surface area contributed by atoms with Gasteiger partial charge in [0.25, 0.3) is 5.91 Å². The summed E-state index contributed by atoms with van der Waals surface area (Å²) in [6.07, 6.45) is 1.77. The van der Waals surface area contributed by atoms with Crippen molar-refractivity contribution in [3.05, 3.63) is 30.0 Å². The Morgan fingerprint density at radius 2 is 2.00 bits per heavy atom. The molecule has 1 amide bonds. The molecule has 0 radical (unpaired) electrons. The van der Waals surface area contributed by atoms with Gasteiger partial charge in [-0.1, -0.05) is 25.6 Å². The zero-order chi connectivity index (χ0) is 22.0. The molecule has 9 nitrogen and oxygen atoms in total. The average Bonchev–Trinajstić information content (AvgIpc) is 3.33. The van der Waals surface area contributed by atoms with E-state index < -0.39 is 0 Å². The number of carbonyl (C=O) groups is 1. The Hall–Kier alpha value is -3.01. The summed E-state index contributed by atoms with van der Waals surface area (Å²) in [5, 5.41) is 12.7. The van der Waals surface area contributed by atoms with Crippen molar-refractivity contribution in [1.82, 2.24) is 25.1 Å². The van der Waals surface area contributed by atoms with Crippen molar-refractivity contribution in [3.8, 4) is 11.5 Å². The van der Waals surface area contributed by atoms with Crippen molar-refractivity contribution < 1.29 is 14.3 Å². The number of hydrogen-bond donors (Lipinski definition) is 2. The molecular formula is C21H26N6O3S. The van der Waals surface area contributed by atoms with E-state index in [2.05, 4.69) is 48.4 Å². The molecule has 2 N–H and O–H groups in total. The van der Waals surface area contributed by atoms with Crippen molar-refractivity contribution in [2.24, 2.45) is 0 Å². The molecule has 3 aromatic rings. The van der Waals surface area contributed by atoms with Crippen LogP contribution in [0, 0.1) is 0 Å². The second kappa shape index (κ2) is 9.01. The normalized spacial score (nSPS) is 12.7. The van der Waals surface area contributed by atoms with Crippen molar-refractivity contribution in [2.75, 3.05) is 18.7 Å². The van der Waals surface area contributed by atoms with E-state index in [1.54, 1.807) is 40.8 Å². The lowest BCUT2D eigenvalue weighted by atomic mass is 10.2. The van der Waals surface area contributed by atoms with Gasteiger partial charge in [0.05, 0.1) is 18.1 Å². The van der Waals surface area contributed by atoms with Gasteiger partial charge < -0.3 is 20.1 Å². The zero-order valence-electron chi connectivity index (χ0n) is 18.0. The highest BCUT2D eigenvalue weighted by Gasteiger charge is 2.17. The molecular weight excluding hydrogens is 416 g/mol. The fraction of sp³-hybridized carbons (Fsp3) is 0.429. The molecule has 0 spiro atoms. The third-order valence-corrected chi connectivity index (χ3v) is 5.35. The van der Waals surface area contributed by atoms with E-state index in [9.17, 15) is 4.79 Å². The van der Waals surface area contributed by atoms with E-state index in [1.807, 2.05) is 0 Å². The highest BCUT2D eigenvalue weighted by molar-refractivity contribution is 7.99. The maximum Gasteiger partial charge on any atom is 0.251 e. The van der Waals surface area contributed by atoms with Crippen molar-refractivity contribution in [1.29, 1.82) is 0 Å². The minimum Gasteiger partial charge on any atom is -0.454 e. The Morgan fingerprint density at radius 3 is 2.77 bits per heavy atom. The third kappa shape index (κ3) is 4.84. The number of thioether (sulfide) groups is 1. The molecule has 1 aliphatic rings. The second-order valence-corrected chi connectivity index (χ2v) is 9.29. The Morgan fingerprint density at radius 1 is 1.19 bits per heavy atom. The van der Waals surface area contributed by atoms with Crippen LogP contribution in [-0.4, -0.2) is 50.3 Å². The molecule has 10 heteroatoms. The molecule has 0 fully saturated rings. The maximum atomic E-state index is 12.5. The van der Waals surface area contributed by atoms with Crippen LogP contribution in [0.4, 0.5) is 5.82 Å². The van der Waals surface area contributed by atoms with Crippen LogP contribution in [0.3, 0.4) is 0 Å². The first kappa shape index (κ1) is 21.2. The van der Waals surface area contributed by atoms with Crippen LogP contribution in [0.1, 0.15) is 38.1 Å². The van der Waals surface area contributed by atoms with Crippen LogP contribution in [0.25, 0.3) is 11.0 Å². The molecule has 164 valence electrons. The smallest absolute Gasteiger partial charge is 0.251 e. The number of benzene rings is 1. The summed E-state index contributed by atoms with van der Waals surface area (Å²) < 4.78 is 12.4.